The third kappa shape index (κ3) is 3.69. The van der Waals surface area contributed by atoms with Crippen LogP contribution < -0.4 is 15.3 Å². The monoisotopic (exact) mass is 505 g/mol. The van der Waals surface area contributed by atoms with Crippen LogP contribution in [0.3, 0.4) is 0 Å². The van der Waals surface area contributed by atoms with E-state index in [0.717, 1.165) is 31.5 Å². The van der Waals surface area contributed by atoms with Crippen LogP contribution in [0.5, 0.6) is 5.75 Å². The summed E-state index contributed by atoms with van der Waals surface area (Å²) in [6.07, 6.45) is 0. The minimum Gasteiger partial charge on any atom is -0.493 e. The molecule has 0 radical (unpaired) electrons. The highest BCUT2D eigenvalue weighted by molar-refractivity contribution is 7.22. The standard InChI is InChI=1S/C26H20ClN3O4S/c1-33-23-19(27)7-9-21-22(23)28-26(35-21)30-12-10-29(11-13-30)24(31)18-14-17-16-5-3-2-4-15(16)6-8-20(17)34-25(18)32/h2-9,14H,10-13H2,1H3. The number of thiazole rings is 1. The molecular formula is C26H20ClN3O4S. The highest BCUT2D eigenvalue weighted by Crippen LogP contribution is 2.38. The van der Waals surface area contributed by atoms with Crippen molar-refractivity contribution in [2.45, 2.75) is 0 Å². The van der Waals surface area contributed by atoms with Gasteiger partial charge < -0.3 is 19.0 Å². The van der Waals surface area contributed by atoms with Crippen LogP contribution in [0.15, 0.2) is 63.8 Å². The van der Waals surface area contributed by atoms with Gasteiger partial charge in [0, 0.05) is 31.6 Å². The fourth-order valence-electron chi connectivity index (χ4n) is 4.55. The number of methoxy groups -OCH3 is 1. The summed E-state index contributed by atoms with van der Waals surface area (Å²) in [5.41, 5.74) is 0.651. The van der Waals surface area contributed by atoms with Gasteiger partial charge in [-0.2, -0.15) is 0 Å². The van der Waals surface area contributed by atoms with E-state index in [1.807, 2.05) is 36.4 Å². The summed E-state index contributed by atoms with van der Waals surface area (Å²) in [6.45, 7) is 2.15. The van der Waals surface area contributed by atoms with Gasteiger partial charge in [-0.3, -0.25) is 4.79 Å². The third-order valence-corrected chi connectivity index (χ3v) is 7.75. The lowest BCUT2D eigenvalue weighted by atomic mass is 10.0. The summed E-state index contributed by atoms with van der Waals surface area (Å²) in [7, 11) is 1.58. The Bertz CT molecular complexity index is 1670. The maximum Gasteiger partial charge on any atom is 0.349 e. The minimum absolute atomic E-state index is 0.0571. The average molecular weight is 506 g/mol. The van der Waals surface area contributed by atoms with Crippen molar-refractivity contribution in [1.82, 2.24) is 9.88 Å². The molecule has 35 heavy (non-hydrogen) atoms. The van der Waals surface area contributed by atoms with Crippen molar-refractivity contribution >= 4 is 65.9 Å². The Labute approximate surface area is 209 Å². The van der Waals surface area contributed by atoms with E-state index >= 15 is 0 Å². The number of nitrogens with zero attached hydrogens (tertiary/aromatic N) is 3. The van der Waals surface area contributed by atoms with Gasteiger partial charge in [-0.05, 0) is 35.0 Å². The number of benzene rings is 3. The number of rotatable bonds is 3. The molecule has 0 bridgehead atoms. The zero-order valence-electron chi connectivity index (χ0n) is 18.8. The van der Waals surface area contributed by atoms with Gasteiger partial charge >= 0.3 is 5.63 Å². The molecule has 0 N–H and O–H groups in total. The molecule has 1 aliphatic heterocycles. The summed E-state index contributed by atoms with van der Waals surface area (Å²) < 4.78 is 11.9. The van der Waals surface area contributed by atoms with Crippen LogP contribution >= 0.6 is 22.9 Å². The molecule has 5 aromatic rings. The number of halogens is 1. The van der Waals surface area contributed by atoms with Gasteiger partial charge in [-0.15, -0.1) is 0 Å². The van der Waals surface area contributed by atoms with E-state index in [4.69, 9.17) is 25.7 Å². The first-order chi connectivity index (χ1) is 17.0. The van der Waals surface area contributed by atoms with E-state index in [1.165, 1.54) is 0 Å². The van der Waals surface area contributed by atoms with Gasteiger partial charge in [0.2, 0.25) is 0 Å². The second-order valence-corrected chi connectivity index (χ2v) is 9.77. The molecular weight excluding hydrogens is 486 g/mol. The van der Waals surface area contributed by atoms with Gasteiger partial charge in [0.25, 0.3) is 5.91 Å². The zero-order valence-corrected chi connectivity index (χ0v) is 20.4. The predicted molar refractivity (Wildman–Crippen MR) is 139 cm³/mol. The molecule has 7 nitrogen and oxygen atoms in total. The first-order valence-electron chi connectivity index (χ1n) is 11.2. The molecule has 9 heteroatoms. The predicted octanol–water partition coefficient (Wildman–Crippen LogP) is 5.18. The maximum atomic E-state index is 13.3. The number of piperazine rings is 1. The summed E-state index contributed by atoms with van der Waals surface area (Å²) in [6, 6.07) is 16.9. The van der Waals surface area contributed by atoms with Crippen molar-refractivity contribution in [3.63, 3.8) is 0 Å². The number of carbonyl (C=O) groups is 1. The molecule has 2 aromatic heterocycles. The van der Waals surface area contributed by atoms with E-state index in [2.05, 4.69) is 4.90 Å². The molecule has 0 atom stereocenters. The van der Waals surface area contributed by atoms with Gasteiger partial charge in [-0.25, -0.2) is 9.78 Å². The quantitative estimate of drug-likeness (QED) is 0.248. The molecule has 176 valence electrons. The molecule has 0 unspecified atom stereocenters. The second kappa shape index (κ2) is 8.55. The van der Waals surface area contributed by atoms with E-state index in [1.54, 1.807) is 41.5 Å². The van der Waals surface area contributed by atoms with Gasteiger partial charge in [-0.1, -0.05) is 53.3 Å². The Balaban J connectivity index is 1.26. The van der Waals surface area contributed by atoms with Crippen LogP contribution in [0.25, 0.3) is 32.0 Å². The Hall–Kier alpha value is -3.62. The smallest absolute Gasteiger partial charge is 0.349 e. The number of carbonyl (C=O) groups excluding carboxylic acids is 1. The fourth-order valence-corrected chi connectivity index (χ4v) is 5.80. The van der Waals surface area contributed by atoms with Gasteiger partial charge in [0.1, 0.15) is 16.7 Å². The molecule has 1 fully saturated rings. The molecule has 0 aliphatic carbocycles. The lowest BCUT2D eigenvalue weighted by Gasteiger charge is -2.34. The molecule has 6 rings (SSSR count). The summed E-state index contributed by atoms with van der Waals surface area (Å²) in [5, 5.41) is 4.10. The number of hydrogen-bond acceptors (Lipinski definition) is 7. The van der Waals surface area contributed by atoms with Crippen LogP contribution in [-0.2, 0) is 0 Å². The van der Waals surface area contributed by atoms with Crippen molar-refractivity contribution in [2.24, 2.45) is 0 Å². The van der Waals surface area contributed by atoms with E-state index in [0.29, 0.717) is 42.5 Å². The highest BCUT2D eigenvalue weighted by Gasteiger charge is 2.27. The third-order valence-electron chi connectivity index (χ3n) is 6.37. The molecule has 3 heterocycles. The number of anilines is 1. The van der Waals surface area contributed by atoms with Crippen molar-refractivity contribution in [3.8, 4) is 5.75 Å². The zero-order chi connectivity index (χ0) is 24.1. The lowest BCUT2D eigenvalue weighted by Crippen LogP contribution is -2.49. The van der Waals surface area contributed by atoms with Crippen molar-refractivity contribution < 1.29 is 13.9 Å². The first kappa shape index (κ1) is 21.9. The van der Waals surface area contributed by atoms with Crippen molar-refractivity contribution in [1.29, 1.82) is 0 Å². The minimum atomic E-state index is -0.615. The average Bonchev–Trinajstić information content (AvgIpc) is 3.32. The first-order valence-corrected chi connectivity index (χ1v) is 12.4. The number of amides is 1. The lowest BCUT2D eigenvalue weighted by molar-refractivity contribution is 0.0742. The Kier molecular flexibility index (Phi) is 5.35. The Morgan fingerprint density at radius 2 is 1.86 bits per heavy atom. The van der Waals surface area contributed by atoms with Gasteiger partial charge in [0.05, 0.1) is 16.8 Å². The fraction of sp³-hybridized carbons (Fsp3) is 0.192. The summed E-state index contributed by atoms with van der Waals surface area (Å²) >= 11 is 7.80. The van der Waals surface area contributed by atoms with Gasteiger partial charge in [0.15, 0.2) is 10.9 Å². The van der Waals surface area contributed by atoms with Crippen LogP contribution in [0, 0.1) is 0 Å². The number of hydrogen-bond donors (Lipinski definition) is 0. The highest BCUT2D eigenvalue weighted by atomic mass is 35.5. The summed E-state index contributed by atoms with van der Waals surface area (Å²) in [4.78, 5) is 34.6. The van der Waals surface area contributed by atoms with Crippen LogP contribution in [0.1, 0.15) is 10.4 Å². The topological polar surface area (TPSA) is 75.9 Å². The molecule has 0 saturated carbocycles. The van der Waals surface area contributed by atoms with Crippen LogP contribution in [0.4, 0.5) is 5.13 Å². The number of aromatic nitrogens is 1. The number of ether oxygens (including phenoxy) is 1. The van der Waals surface area contributed by atoms with Crippen molar-refractivity contribution in [3.05, 3.63) is 75.6 Å². The SMILES string of the molecule is COc1c(Cl)ccc2sc(N3CCN(C(=O)c4cc5c(ccc6ccccc65)oc4=O)CC3)nc12. The van der Waals surface area contributed by atoms with E-state index in [9.17, 15) is 9.59 Å². The maximum absolute atomic E-state index is 13.3. The molecule has 3 aromatic carbocycles. The van der Waals surface area contributed by atoms with E-state index in [-0.39, 0.29) is 11.5 Å². The van der Waals surface area contributed by atoms with E-state index < -0.39 is 5.63 Å². The Morgan fingerprint density at radius 1 is 1.06 bits per heavy atom. The Morgan fingerprint density at radius 3 is 2.66 bits per heavy atom. The largest absolute Gasteiger partial charge is 0.493 e. The normalized spacial score (nSPS) is 14.2. The number of fused-ring (bicyclic) bond motifs is 4. The summed E-state index contributed by atoms with van der Waals surface area (Å²) in [5.74, 6) is 0.252. The molecule has 1 amide bonds. The molecule has 0 spiro atoms. The van der Waals surface area contributed by atoms with Crippen LogP contribution in [0.2, 0.25) is 5.02 Å². The molecule has 1 saturated heterocycles. The van der Waals surface area contributed by atoms with Crippen LogP contribution in [-0.4, -0.2) is 49.1 Å². The second-order valence-electron chi connectivity index (χ2n) is 8.35. The molecule has 1 aliphatic rings. The van der Waals surface area contributed by atoms with Crippen molar-refractivity contribution in [2.75, 3.05) is 38.2 Å².